The lowest BCUT2D eigenvalue weighted by Crippen LogP contribution is -2.07. The van der Waals surface area contributed by atoms with Crippen LogP contribution in [0, 0.1) is 0 Å². The molecule has 0 saturated carbocycles. The zero-order chi connectivity index (χ0) is 12.9. The van der Waals surface area contributed by atoms with Gasteiger partial charge < -0.3 is 4.74 Å². The highest BCUT2D eigenvalue weighted by Crippen LogP contribution is 2.22. The van der Waals surface area contributed by atoms with Crippen LogP contribution >= 0.6 is 0 Å². The van der Waals surface area contributed by atoms with E-state index in [1.54, 1.807) is 24.3 Å². The van der Waals surface area contributed by atoms with Crippen molar-refractivity contribution in [3.63, 3.8) is 0 Å². The first-order valence-electron chi connectivity index (χ1n) is 5.16. The Labute approximate surface area is 97.4 Å². The molecule has 5 heteroatoms. The summed E-state index contributed by atoms with van der Waals surface area (Å²) in [6, 6.07) is 6.46. The van der Waals surface area contributed by atoms with Crippen LogP contribution in [0.3, 0.4) is 0 Å². The van der Waals surface area contributed by atoms with Gasteiger partial charge in [-0.1, -0.05) is 12.1 Å². The van der Waals surface area contributed by atoms with E-state index in [4.69, 9.17) is 0 Å². The van der Waals surface area contributed by atoms with E-state index in [0.717, 1.165) is 0 Å². The van der Waals surface area contributed by atoms with Crippen LogP contribution < -0.4 is 0 Å². The first kappa shape index (κ1) is 13.5. The fraction of sp³-hybridized carbons (Fsp3) is 0.417. The summed E-state index contributed by atoms with van der Waals surface area (Å²) in [6.07, 6.45) is -4.62. The van der Waals surface area contributed by atoms with Crippen LogP contribution in [-0.4, -0.2) is 19.3 Å². The van der Waals surface area contributed by atoms with Gasteiger partial charge in [0, 0.05) is 6.42 Å². The van der Waals surface area contributed by atoms with E-state index in [1.807, 2.05) is 0 Å². The maximum Gasteiger partial charge on any atom is 0.389 e. The molecular weight excluding hydrogens is 233 g/mol. The number of hydrogen-bond donors (Lipinski definition) is 0. The zero-order valence-corrected chi connectivity index (χ0v) is 9.38. The van der Waals surface area contributed by atoms with E-state index in [0.29, 0.717) is 17.5 Å². The van der Waals surface area contributed by atoms with Gasteiger partial charge in [0.1, 0.15) is 0 Å². The van der Waals surface area contributed by atoms with Crippen molar-refractivity contribution in [1.82, 2.24) is 0 Å². The van der Waals surface area contributed by atoms with Crippen molar-refractivity contribution in [3.05, 3.63) is 35.4 Å². The fourth-order valence-electron chi connectivity index (χ4n) is 1.46. The molecule has 0 aromatic heterocycles. The summed E-state index contributed by atoms with van der Waals surface area (Å²) in [7, 11) is 1.26. The lowest BCUT2D eigenvalue weighted by atomic mass is 10.1. The molecule has 0 fully saturated rings. The smallest absolute Gasteiger partial charge is 0.389 e. The highest BCUT2D eigenvalue weighted by atomic mass is 19.4. The second-order valence-electron chi connectivity index (χ2n) is 3.66. The monoisotopic (exact) mass is 246 g/mol. The molecule has 1 aromatic rings. The van der Waals surface area contributed by atoms with E-state index in [-0.39, 0.29) is 6.42 Å². The molecule has 0 saturated heterocycles. The molecule has 0 atom stereocenters. The number of ether oxygens (including phenoxy) is 1. The zero-order valence-electron chi connectivity index (χ0n) is 9.38. The second-order valence-corrected chi connectivity index (χ2v) is 3.66. The summed E-state index contributed by atoms with van der Waals surface area (Å²) in [5.74, 6) is -0.484. The first-order valence-corrected chi connectivity index (χ1v) is 5.16. The lowest BCUT2D eigenvalue weighted by molar-refractivity contribution is -0.135. The van der Waals surface area contributed by atoms with Gasteiger partial charge in [-0.3, -0.25) is 0 Å². The molecule has 0 aliphatic carbocycles. The molecule has 1 rings (SSSR count). The lowest BCUT2D eigenvalue weighted by Gasteiger charge is -2.06. The summed E-state index contributed by atoms with van der Waals surface area (Å²) in [6.45, 7) is 0. The standard InChI is InChI=1S/C12H13F3O2/c1-17-11(16)10-6-2-4-9(8-10)5-3-7-12(13,14)15/h2,4,6,8H,3,5,7H2,1H3. The maximum absolute atomic E-state index is 11.9. The summed E-state index contributed by atoms with van der Waals surface area (Å²) in [5, 5.41) is 0. The van der Waals surface area contributed by atoms with Crippen molar-refractivity contribution in [1.29, 1.82) is 0 Å². The average molecular weight is 246 g/mol. The molecule has 2 nitrogen and oxygen atoms in total. The van der Waals surface area contributed by atoms with Crippen molar-refractivity contribution in [3.8, 4) is 0 Å². The molecule has 1 aromatic carbocycles. The van der Waals surface area contributed by atoms with E-state index >= 15 is 0 Å². The molecule has 0 aliphatic heterocycles. The van der Waals surface area contributed by atoms with Crippen molar-refractivity contribution in [2.45, 2.75) is 25.4 Å². The van der Waals surface area contributed by atoms with E-state index in [2.05, 4.69) is 4.74 Å². The van der Waals surface area contributed by atoms with Crippen molar-refractivity contribution < 1.29 is 22.7 Å². The molecule has 0 spiro atoms. The van der Waals surface area contributed by atoms with Crippen molar-refractivity contribution in [2.24, 2.45) is 0 Å². The maximum atomic E-state index is 11.9. The van der Waals surface area contributed by atoms with Crippen molar-refractivity contribution >= 4 is 5.97 Å². The van der Waals surface area contributed by atoms with Crippen LogP contribution in [-0.2, 0) is 11.2 Å². The van der Waals surface area contributed by atoms with Crippen LogP contribution in [0.2, 0.25) is 0 Å². The summed E-state index contributed by atoms with van der Waals surface area (Å²) in [4.78, 5) is 11.2. The van der Waals surface area contributed by atoms with Gasteiger partial charge in [0.25, 0.3) is 0 Å². The number of aryl methyl sites for hydroxylation is 1. The Bertz CT molecular complexity index is 386. The van der Waals surface area contributed by atoms with Crippen LogP contribution in [0.4, 0.5) is 13.2 Å². The molecule has 0 heterocycles. The summed E-state index contributed by atoms with van der Waals surface area (Å²) in [5.41, 5.74) is 1.06. The summed E-state index contributed by atoms with van der Waals surface area (Å²) >= 11 is 0. The van der Waals surface area contributed by atoms with Gasteiger partial charge in [-0.25, -0.2) is 4.79 Å². The number of carbonyl (C=O) groups excluding carboxylic acids is 1. The Morgan fingerprint density at radius 1 is 1.35 bits per heavy atom. The number of esters is 1. The van der Waals surface area contributed by atoms with Gasteiger partial charge >= 0.3 is 12.1 Å². The van der Waals surface area contributed by atoms with Crippen LogP contribution in [0.1, 0.15) is 28.8 Å². The SMILES string of the molecule is COC(=O)c1cccc(CCCC(F)(F)F)c1. The van der Waals surface area contributed by atoms with Gasteiger partial charge in [0.2, 0.25) is 0 Å². The average Bonchev–Trinajstić information content (AvgIpc) is 2.27. The number of carbonyl (C=O) groups is 1. The molecule has 0 aliphatic rings. The Morgan fingerprint density at radius 2 is 2.06 bits per heavy atom. The molecule has 0 bridgehead atoms. The molecular formula is C12H13F3O2. The predicted molar refractivity (Wildman–Crippen MR) is 56.8 cm³/mol. The number of rotatable bonds is 4. The molecule has 0 unspecified atom stereocenters. The minimum atomic E-state index is -4.13. The number of hydrogen-bond acceptors (Lipinski definition) is 2. The van der Waals surface area contributed by atoms with Gasteiger partial charge in [-0.2, -0.15) is 13.2 Å². The molecule has 17 heavy (non-hydrogen) atoms. The van der Waals surface area contributed by atoms with Crippen molar-refractivity contribution in [2.75, 3.05) is 7.11 Å². The normalized spacial score (nSPS) is 11.3. The van der Waals surface area contributed by atoms with Gasteiger partial charge in [-0.05, 0) is 30.5 Å². The Hall–Kier alpha value is -1.52. The second kappa shape index (κ2) is 5.70. The first-order chi connectivity index (χ1) is 7.92. The topological polar surface area (TPSA) is 26.3 Å². The Balaban J connectivity index is 2.57. The predicted octanol–water partition coefficient (Wildman–Crippen LogP) is 3.36. The minimum Gasteiger partial charge on any atom is -0.465 e. The van der Waals surface area contributed by atoms with Gasteiger partial charge in [-0.15, -0.1) is 0 Å². The fourth-order valence-corrected chi connectivity index (χ4v) is 1.46. The van der Waals surface area contributed by atoms with Crippen LogP contribution in [0.5, 0.6) is 0 Å². The third-order valence-electron chi connectivity index (χ3n) is 2.27. The van der Waals surface area contributed by atoms with Crippen LogP contribution in [0.25, 0.3) is 0 Å². The molecule has 0 amide bonds. The number of benzene rings is 1. The Morgan fingerprint density at radius 3 is 2.65 bits per heavy atom. The summed E-state index contributed by atoms with van der Waals surface area (Å²) < 4.78 is 40.4. The van der Waals surface area contributed by atoms with Crippen LogP contribution in [0.15, 0.2) is 24.3 Å². The van der Waals surface area contributed by atoms with E-state index < -0.39 is 18.6 Å². The number of alkyl halides is 3. The van der Waals surface area contributed by atoms with Gasteiger partial charge in [0.15, 0.2) is 0 Å². The quantitative estimate of drug-likeness (QED) is 0.761. The molecule has 0 radical (unpaired) electrons. The van der Waals surface area contributed by atoms with E-state index in [9.17, 15) is 18.0 Å². The third-order valence-corrected chi connectivity index (χ3v) is 2.27. The highest BCUT2D eigenvalue weighted by molar-refractivity contribution is 5.89. The number of halogens is 3. The third kappa shape index (κ3) is 4.89. The minimum absolute atomic E-state index is 0.0220. The Kier molecular flexibility index (Phi) is 4.54. The molecule has 0 N–H and O–H groups in total. The molecule has 94 valence electrons. The van der Waals surface area contributed by atoms with Gasteiger partial charge in [0.05, 0.1) is 12.7 Å². The highest BCUT2D eigenvalue weighted by Gasteiger charge is 2.25. The number of methoxy groups -OCH3 is 1. The van der Waals surface area contributed by atoms with E-state index in [1.165, 1.54) is 7.11 Å². The largest absolute Gasteiger partial charge is 0.465 e.